The quantitative estimate of drug-likeness (QED) is 0.631. The lowest BCUT2D eigenvalue weighted by Gasteiger charge is -2.24. The van der Waals surface area contributed by atoms with Crippen molar-refractivity contribution in [3.8, 4) is 0 Å². The van der Waals surface area contributed by atoms with Crippen molar-refractivity contribution in [3.05, 3.63) is 24.1 Å². The molecule has 0 fully saturated rings. The first-order valence-corrected chi connectivity index (χ1v) is 5.11. The van der Waals surface area contributed by atoms with Gasteiger partial charge in [-0.05, 0) is 30.8 Å². The maximum Gasteiger partial charge on any atom is 0.162 e. The number of hydrogen-bond donors (Lipinski definition) is 2. The van der Waals surface area contributed by atoms with Gasteiger partial charge in [-0.2, -0.15) is 5.90 Å². The van der Waals surface area contributed by atoms with E-state index in [-0.39, 0.29) is 0 Å². The van der Waals surface area contributed by atoms with Crippen LogP contribution in [0.2, 0.25) is 0 Å². The van der Waals surface area contributed by atoms with Gasteiger partial charge in [0.1, 0.15) is 0 Å². The summed E-state index contributed by atoms with van der Waals surface area (Å²) in [6.07, 6.45) is 9.27. The molecule has 0 aromatic heterocycles. The van der Waals surface area contributed by atoms with Gasteiger partial charge in [0.15, 0.2) is 5.76 Å². The van der Waals surface area contributed by atoms with Gasteiger partial charge in [-0.25, -0.2) is 0 Å². The number of allylic oxidation sites excluding steroid dienone is 2. The monoisotopic (exact) mass is 196 g/mol. The molecule has 0 spiro atoms. The lowest BCUT2D eigenvalue weighted by atomic mass is 9.84. The molecular weight excluding hydrogens is 176 g/mol. The summed E-state index contributed by atoms with van der Waals surface area (Å²) in [4.78, 5) is 4.69. The van der Waals surface area contributed by atoms with Crippen molar-refractivity contribution >= 4 is 0 Å². The van der Waals surface area contributed by atoms with Gasteiger partial charge in [-0.3, -0.25) is 0 Å². The third-order valence-corrected chi connectivity index (χ3v) is 2.60. The van der Waals surface area contributed by atoms with Gasteiger partial charge in [-0.15, -0.1) is 0 Å². The summed E-state index contributed by atoms with van der Waals surface area (Å²) >= 11 is 0. The van der Waals surface area contributed by atoms with Crippen LogP contribution in [-0.2, 0) is 4.84 Å². The summed E-state index contributed by atoms with van der Waals surface area (Å²) in [5, 5.41) is 3.19. The van der Waals surface area contributed by atoms with Crippen LogP contribution in [0.1, 0.15) is 33.1 Å². The minimum atomic E-state index is 0.409. The first-order valence-electron chi connectivity index (χ1n) is 5.11. The fourth-order valence-corrected chi connectivity index (χ4v) is 1.50. The molecule has 0 aromatic carbocycles. The molecule has 80 valence electrons. The molecule has 3 N–H and O–H groups in total. The molecule has 3 nitrogen and oxygen atoms in total. The van der Waals surface area contributed by atoms with Crippen LogP contribution in [0.3, 0.4) is 0 Å². The minimum Gasteiger partial charge on any atom is -0.410 e. The van der Waals surface area contributed by atoms with E-state index in [1.54, 1.807) is 0 Å². The zero-order valence-corrected chi connectivity index (χ0v) is 9.05. The summed E-state index contributed by atoms with van der Waals surface area (Å²) in [7, 11) is 0. The molecule has 1 aliphatic rings. The normalized spacial score (nSPS) is 28.1. The molecule has 0 saturated heterocycles. The Balaban J connectivity index is 2.57. The molecule has 0 atom stereocenters. The maximum absolute atomic E-state index is 5.11. The Morgan fingerprint density at radius 1 is 1.43 bits per heavy atom. The fourth-order valence-electron chi connectivity index (χ4n) is 1.50. The Labute approximate surface area is 86.0 Å². The summed E-state index contributed by atoms with van der Waals surface area (Å²) in [6.45, 7) is 5.57. The molecule has 0 aliphatic carbocycles. The van der Waals surface area contributed by atoms with Crippen molar-refractivity contribution < 1.29 is 4.84 Å². The average molecular weight is 196 g/mol. The van der Waals surface area contributed by atoms with E-state index in [1.807, 2.05) is 12.3 Å². The predicted octanol–water partition coefficient (Wildman–Crippen LogP) is 2.07. The van der Waals surface area contributed by atoms with E-state index in [0.717, 1.165) is 19.4 Å². The second-order valence-electron chi connectivity index (χ2n) is 4.47. The first-order chi connectivity index (χ1) is 6.64. The molecule has 0 aromatic rings. The van der Waals surface area contributed by atoms with Crippen molar-refractivity contribution in [2.75, 3.05) is 6.54 Å². The van der Waals surface area contributed by atoms with E-state index < -0.39 is 0 Å². The molecule has 0 radical (unpaired) electrons. The van der Waals surface area contributed by atoms with Gasteiger partial charge in [-0.1, -0.05) is 19.9 Å². The summed E-state index contributed by atoms with van der Waals surface area (Å²) < 4.78 is 0. The number of rotatable bonds is 1. The molecule has 1 heterocycles. The molecule has 0 unspecified atom stereocenters. The Hall–Kier alpha value is -0.960. The van der Waals surface area contributed by atoms with E-state index in [4.69, 9.17) is 5.90 Å². The Bertz CT molecular complexity index is 231. The van der Waals surface area contributed by atoms with Crippen LogP contribution in [0.25, 0.3) is 0 Å². The van der Waals surface area contributed by atoms with E-state index in [2.05, 4.69) is 30.1 Å². The van der Waals surface area contributed by atoms with Crippen LogP contribution >= 0.6 is 0 Å². The van der Waals surface area contributed by atoms with Crippen LogP contribution < -0.4 is 11.2 Å². The van der Waals surface area contributed by atoms with Gasteiger partial charge in [0, 0.05) is 12.7 Å². The lowest BCUT2D eigenvalue weighted by Crippen LogP contribution is -2.20. The van der Waals surface area contributed by atoms with Gasteiger partial charge < -0.3 is 10.2 Å². The van der Waals surface area contributed by atoms with E-state index in [1.165, 1.54) is 6.42 Å². The smallest absolute Gasteiger partial charge is 0.162 e. The highest BCUT2D eigenvalue weighted by molar-refractivity contribution is 5.11. The Morgan fingerprint density at radius 2 is 2.21 bits per heavy atom. The van der Waals surface area contributed by atoms with Gasteiger partial charge in [0.25, 0.3) is 0 Å². The van der Waals surface area contributed by atoms with Crippen molar-refractivity contribution in [2.45, 2.75) is 33.1 Å². The lowest BCUT2D eigenvalue weighted by molar-refractivity contribution is 0.230. The third-order valence-electron chi connectivity index (χ3n) is 2.60. The molecule has 1 rings (SSSR count). The van der Waals surface area contributed by atoms with Gasteiger partial charge in [0.05, 0.1) is 0 Å². The topological polar surface area (TPSA) is 47.3 Å². The minimum absolute atomic E-state index is 0.409. The third kappa shape index (κ3) is 3.83. The first kappa shape index (κ1) is 11.1. The number of hydrogen-bond acceptors (Lipinski definition) is 3. The van der Waals surface area contributed by atoms with Crippen LogP contribution in [0.4, 0.5) is 0 Å². The van der Waals surface area contributed by atoms with Gasteiger partial charge >= 0.3 is 0 Å². The SMILES string of the molecule is CC1(C)CC/C=C\C(ON)=C/NCC1. The fraction of sp³-hybridized carbons (Fsp3) is 0.636. The molecule has 0 saturated carbocycles. The standard InChI is InChI=1S/C11H20N2O/c1-11(2)6-4-3-5-10(14-12)9-13-8-7-11/h3,5,9,13H,4,6-8,12H2,1-2H3/b5-3-,10-9+. The Morgan fingerprint density at radius 3 is 2.93 bits per heavy atom. The molecule has 0 amide bonds. The summed E-state index contributed by atoms with van der Waals surface area (Å²) in [5.74, 6) is 5.79. The highest BCUT2D eigenvalue weighted by Crippen LogP contribution is 2.26. The van der Waals surface area contributed by atoms with E-state index >= 15 is 0 Å². The van der Waals surface area contributed by atoms with E-state index in [0.29, 0.717) is 11.2 Å². The van der Waals surface area contributed by atoms with Gasteiger partial charge in [0.2, 0.25) is 0 Å². The highest BCUT2D eigenvalue weighted by atomic mass is 16.6. The largest absolute Gasteiger partial charge is 0.410 e. The molecular formula is C11H20N2O. The van der Waals surface area contributed by atoms with Crippen molar-refractivity contribution in [2.24, 2.45) is 11.3 Å². The summed E-state index contributed by atoms with van der Waals surface area (Å²) in [6, 6.07) is 0. The highest BCUT2D eigenvalue weighted by Gasteiger charge is 2.16. The van der Waals surface area contributed by atoms with Crippen LogP contribution in [0.15, 0.2) is 24.1 Å². The predicted molar refractivity (Wildman–Crippen MR) is 58.1 cm³/mol. The van der Waals surface area contributed by atoms with Crippen LogP contribution in [0.5, 0.6) is 0 Å². The van der Waals surface area contributed by atoms with Crippen molar-refractivity contribution in [1.82, 2.24) is 5.32 Å². The molecule has 1 aliphatic heterocycles. The second kappa shape index (κ2) is 5.05. The maximum atomic E-state index is 5.11. The zero-order chi connectivity index (χ0) is 10.4. The zero-order valence-electron chi connectivity index (χ0n) is 9.05. The summed E-state index contributed by atoms with van der Waals surface area (Å²) in [5.41, 5.74) is 0.409. The number of nitrogens with two attached hydrogens (primary N) is 1. The average Bonchev–Trinajstić information content (AvgIpc) is 2.15. The second-order valence-corrected chi connectivity index (χ2v) is 4.47. The van der Waals surface area contributed by atoms with E-state index in [9.17, 15) is 0 Å². The van der Waals surface area contributed by atoms with Crippen LogP contribution in [-0.4, -0.2) is 6.54 Å². The molecule has 3 heteroatoms. The van der Waals surface area contributed by atoms with Crippen molar-refractivity contribution in [3.63, 3.8) is 0 Å². The Kier molecular flexibility index (Phi) is 4.01. The van der Waals surface area contributed by atoms with Crippen LogP contribution in [0, 0.1) is 5.41 Å². The van der Waals surface area contributed by atoms with Crippen molar-refractivity contribution in [1.29, 1.82) is 0 Å². The molecule has 0 bridgehead atoms. The number of nitrogens with one attached hydrogen (secondary N) is 1. The molecule has 14 heavy (non-hydrogen) atoms.